The Hall–Kier alpha value is -4.31. The van der Waals surface area contributed by atoms with Crippen LogP contribution in [0.3, 0.4) is 0 Å². The zero-order valence-corrected chi connectivity index (χ0v) is 21.7. The molecule has 0 aliphatic carbocycles. The normalized spacial score (nSPS) is 15.9. The Morgan fingerprint density at radius 1 is 0.892 bits per heavy atom. The molecule has 0 bridgehead atoms. The van der Waals surface area contributed by atoms with E-state index in [9.17, 15) is 18.0 Å². The van der Waals surface area contributed by atoms with Crippen LogP contribution in [0.5, 0.6) is 0 Å². The van der Waals surface area contributed by atoms with Crippen molar-refractivity contribution in [2.45, 2.75) is 32.6 Å². The number of rotatable bonds is 7. The molecule has 9 nitrogen and oxygen atoms in total. The van der Waals surface area contributed by atoms with Gasteiger partial charge in [0.15, 0.2) is 0 Å². The van der Waals surface area contributed by atoms with Gasteiger partial charge in [0.25, 0.3) is 21.8 Å². The summed E-state index contributed by atoms with van der Waals surface area (Å²) in [6.45, 7) is 7.11. The van der Waals surface area contributed by atoms with E-state index in [1.807, 2.05) is 45.0 Å². The van der Waals surface area contributed by atoms with Crippen LogP contribution in [0, 0.1) is 26.7 Å². The quantitative estimate of drug-likeness (QED) is 0.364. The predicted octanol–water partition coefficient (Wildman–Crippen LogP) is 3.92. The van der Waals surface area contributed by atoms with E-state index in [2.05, 4.69) is 20.4 Å². The highest BCUT2D eigenvalue weighted by molar-refractivity contribution is 7.89. The van der Waals surface area contributed by atoms with E-state index in [1.54, 1.807) is 43.3 Å². The van der Waals surface area contributed by atoms with E-state index in [0.717, 1.165) is 16.7 Å². The van der Waals surface area contributed by atoms with Gasteiger partial charge in [-0.15, -0.1) is 0 Å². The summed E-state index contributed by atoms with van der Waals surface area (Å²) in [4.78, 5) is 29.1. The molecule has 4 rings (SSSR count). The third kappa shape index (κ3) is 5.44. The van der Waals surface area contributed by atoms with Crippen molar-refractivity contribution in [1.29, 1.82) is 0 Å². The van der Waals surface area contributed by atoms with Crippen LogP contribution < -0.4 is 15.2 Å². The number of sulfonamides is 1. The molecular weight excluding hydrogens is 490 g/mol. The van der Waals surface area contributed by atoms with Crippen molar-refractivity contribution in [1.82, 2.24) is 4.83 Å². The van der Waals surface area contributed by atoms with Crippen molar-refractivity contribution in [2.75, 3.05) is 10.3 Å². The number of hydrogen-bond donors (Lipinski definition) is 2. The summed E-state index contributed by atoms with van der Waals surface area (Å²) in [5, 5.41) is 12.3. The maximum Gasteiger partial charge on any atom is 0.276 e. The number of anilines is 2. The van der Waals surface area contributed by atoms with Gasteiger partial charge in [0.1, 0.15) is 11.6 Å². The van der Waals surface area contributed by atoms with Gasteiger partial charge in [0, 0.05) is 5.69 Å². The van der Waals surface area contributed by atoms with E-state index in [4.69, 9.17) is 0 Å². The summed E-state index contributed by atoms with van der Waals surface area (Å²) in [6.07, 6.45) is 0. The fourth-order valence-electron chi connectivity index (χ4n) is 3.95. The Labute approximate surface area is 215 Å². The molecule has 0 radical (unpaired) electrons. The minimum absolute atomic E-state index is 0.0228. The van der Waals surface area contributed by atoms with Gasteiger partial charge in [-0.25, -0.2) is 0 Å². The standard InChI is InChI=1S/C27H27N5O4S/c1-17-13-15-22(16-14-17)37(35,36)31-29-25(26(33)28-24-18(2)9-8-10-19(24)3)23-20(4)30-32(27(23)34)21-11-6-5-7-12-21/h5-16,23,31H,1-4H3,(H,28,33)/b29-25+/t23-/m1/s1. The summed E-state index contributed by atoms with van der Waals surface area (Å²) < 4.78 is 25.9. The van der Waals surface area contributed by atoms with Crippen LogP contribution in [0.4, 0.5) is 11.4 Å². The molecule has 0 spiro atoms. The number of hydrogen-bond acceptors (Lipinski definition) is 6. The molecule has 1 heterocycles. The van der Waals surface area contributed by atoms with Crippen LogP contribution in [0.2, 0.25) is 0 Å². The first-order chi connectivity index (χ1) is 17.6. The second kappa shape index (κ2) is 10.4. The van der Waals surface area contributed by atoms with Crippen LogP contribution in [-0.2, 0) is 19.6 Å². The maximum absolute atomic E-state index is 13.5. The Morgan fingerprint density at radius 3 is 2.14 bits per heavy atom. The third-order valence-corrected chi connectivity index (χ3v) is 7.20. The Kier molecular flexibility index (Phi) is 7.21. The average Bonchev–Trinajstić information content (AvgIpc) is 3.16. The predicted molar refractivity (Wildman–Crippen MR) is 144 cm³/mol. The Balaban J connectivity index is 1.72. The lowest BCUT2D eigenvalue weighted by molar-refractivity contribution is -0.119. The second-order valence-electron chi connectivity index (χ2n) is 8.79. The van der Waals surface area contributed by atoms with Gasteiger partial charge >= 0.3 is 0 Å². The lowest BCUT2D eigenvalue weighted by Crippen LogP contribution is -2.41. The van der Waals surface area contributed by atoms with E-state index in [-0.39, 0.29) is 10.6 Å². The molecule has 1 aliphatic rings. The van der Waals surface area contributed by atoms with Crippen molar-refractivity contribution in [3.63, 3.8) is 0 Å². The number of nitrogens with zero attached hydrogens (tertiary/aromatic N) is 3. The Bertz CT molecular complexity index is 1490. The van der Waals surface area contributed by atoms with Crippen LogP contribution in [0.25, 0.3) is 0 Å². The van der Waals surface area contributed by atoms with Crippen LogP contribution in [0.15, 0.2) is 87.9 Å². The van der Waals surface area contributed by atoms with E-state index >= 15 is 0 Å². The number of hydrazone groups is 2. The molecule has 0 saturated heterocycles. The molecule has 2 amide bonds. The summed E-state index contributed by atoms with van der Waals surface area (Å²) in [5.74, 6) is -2.43. The van der Waals surface area contributed by atoms with E-state index in [1.165, 1.54) is 17.1 Å². The first-order valence-corrected chi connectivity index (χ1v) is 13.0. The molecule has 37 heavy (non-hydrogen) atoms. The van der Waals surface area contributed by atoms with Crippen molar-refractivity contribution in [2.24, 2.45) is 16.1 Å². The molecule has 190 valence electrons. The van der Waals surface area contributed by atoms with Crippen molar-refractivity contribution in [3.8, 4) is 0 Å². The smallest absolute Gasteiger partial charge is 0.276 e. The first-order valence-electron chi connectivity index (χ1n) is 11.6. The monoisotopic (exact) mass is 517 g/mol. The minimum Gasteiger partial charge on any atom is -0.320 e. The van der Waals surface area contributed by atoms with E-state index < -0.39 is 27.8 Å². The number of para-hydroxylation sites is 2. The molecule has 10 heteroatoms. The van der Waals surface area contributed by atoms with Crippen molar-refractivity contribution >= 4 is 44.6 Å². The fraction of sp³-hybridized carbons (Fsp3) is 0.185. The van der Waals surface area contributed by atoms with Gasteiger partial charge < -0.3 is 5.32 Å². The van der Waals surface area contributed by atoms with Gasteiger partial charge in [0.05, 0.1) is 16.3 Å². The molecule has 0 aromatic heterocycles. The molecule has 0 fully saturated rings. The second-order valence-corrected chi connectivity index (χ2v) is 10.4. The number of benzene rings is 3. The third-order valence-electron chi connectivity index (χ3n) is 5.98. The van der Waals surface area contributed by atoms with Crippen molar-refractivity contribution in [3.05, 3.63) is 89.5 Å². The summed E-state index contributed by atoms with van der Waals surface area (Å²) in [5.41, 5.74) is 3.57. The van der Waals surface area contributed by atoms with Crippen LogP contribution in [-0.4, -0.2) is 31.7 Å². The van der Waals surface area contributed by atoms with Crippen LogP contribution >= 0.6 is 0 Å². The van der Waals surface area contributed by atoms with Crippen LogP contribution in [0.1, 0.15) is 23.6 Å². The highest BCUT2D eigenvalue weighted by atomic mass is 32.2. The van der Waals surface area contributed by atoms with Gasteiger partial charge in [-0.3, -0.25) is 9.59 Å². The summed E-state index contributed by atoms with van der Waals surface area (Å²) in [7, 11) is -4.11. The minimum atomic E-state index is -4.11. The fourth-order valence-corrected chi connectivity index (χ4v) is 4.77. The number of carbonyl (C=O) groups excluding carboxylic acids is 2. The topological polar surface area (TPSA) is 120 Å². The Morgan fingerprint density at radius 2 is 1.51 bits per heavy atom. The number of aryl methyl sites for hydroxylation is 3. The summed E-state index contributed by atoms with van der Waals surface area (Å²) in [6, 6.07) is 20.5. The molecule has 3 aromatic rings. The first kappa shape index (κ1) is 25.8. The van der Waals surface area contributed by atoms with Gasteiger partial charge in [-0.2, -0.15) is 28.5 Å². The average molecular weight is 518 g/mol. The molecule has 3 aromatic carbocycles. The molecule has 0 unspecified atom stereocenters. The lowest BCUT2D eigenvalue weighted by Gasteiger charge is -2.17. The van der Waals surface area contributed by atoms with Gasteiger partial charge in [-0.1, -0.05) is 54.1 Å². The molecule has 2 N–H and O–H groups in total. The van der Waals surface area contributed by atoms with Crippen molar-refractivity contribution < 1.29 is 18.0 Å². The highest BCUT2D eigenvalue weighted by Crippen LogP contribution is 2.26. The maximum atomic E-state index is 13.5. The molecule has 0 saturated carbocycles. The molecule has 1 aliphatic heterocycles. The number of nitrogens with one attached hydrogen (secondary N) is 2. The largest absolute Gasteiger partial charge is 0.320 e. The number of amides is 2. The lowest BCUT2D eigenvalue weighted by atomic mass is 9.97. The van der Waals surface area contributed by atoms with Gasteiger partial charge in [-0.05, 0) is 63.1 Å². The zero-order chi connectivity index (χ0) is 26.7. The van der Waals surface area contributed by atoms with E-state index in [0.29, 0.717) is 17.1 Å². The van der Waals surface area contributed by atoms with Gasteiger partial charge in [0.2, 0.25) is 0 Å². The summed E-state index contributed by atoms with van der Waals surface area (Å²) >= 11 is 0. The highest BCUT2D eigenvalue weighted by Gasteiger charge is 2.41. The molecular formula is C27H27N5O4S. The SMILES string of the molecule is CC1=NN(c2ccccc2)C(=O)[C@H]1/C(=N\NS(=O)(=O)c1ccc(C)cc1)C(=O)Nc1c(C)cccc1C. The number of carbonyl (C=O) groups is 2. The zero-order valence-electron chi connectivity index (χ0n) is 20.9. The molecule has 1 atom stereocenters.